The molecule has 10 heteroatoms. The van der Waals surface area contributed by atoms with Crippen molar-refractivity contribution in [2.45, 2.75) is 19.6 Å². The summed E-state index contributed by atoms with van der Waals surface area (Å²) in [5.41, 5.74) is 2.03. The number of benzene rings is 2. The summed E-state index contributed by atoms with van der Waals surface area (Å²) in [7, 11) is 2.00. The number of nitrogens with zero attached hydrogens (tertiary/aromatic N) is 4. The van der Waals surface area contributed by atoms with E-state index >= 15 is 0 Å². The van der Waals surface area contributed by atoms with Crippen LogP contribution in [0.4, 0.5) is 30.4 Å². The number of carbonyl (C=O) groups is 1. The molecular weight excluding hydrogens is 505 g/mol. The number of anilines is 2. The lowest BCUT2D eigenvalue weighted by Gasteiger charge is -2.33. The Morgan fingerprint density at radius 3 is 2.67 bits per heavy atom. The van der Waals surface area contributed by atoms with Gasteiger partial charge in [0.05, 0.1) is 23.4 Å². The largest absolute Gasteiger partial charge is 0.416 e. The Hall–Kier alpha value is -4.07. The minimum atomic E-state index is -4.55. The number of aryl methyl sites for hydroxylation is 1. The molecule has 2 aliphatic heterocycles. The lowest BCUT2D eigenvalue weighted by atomic mass is 10.0. The zero-order valence-electron chi connectivity index (χ0n) is 21.8. The molecule has 0 aliphatic carbocycles. The summed E-state index contributed by atoms with van der Waals surface area (Å²) < 4.78 is 43.6. The molecule has 0 radical (unpaired) electrons. The van der Waals surface area contributed by atoms with Crippen LogP contribution in [0, 0.1) is 18.9 Å². The number of fused-ring (bicyclic) bond motifs is 1. The summed E-state index contributed by atoms with van der Waals surface area (Å²) in [6, 6.07) is 14.1. The van der Waals surface area contributed by atoms with Crippen LogP contribution in [0.1, 0.15) is 32.6 Å². The lowest BCUT2D eigenvalue weighted by molar-refractivity contribution is -0.138. The molecule has 1 fully saturated rings. The predicted molar refractivity (Wildman–Crippen MR) is 147 cm³/mol. The Balaban J connectivity index is 1.38. The summed E-state index contributed by atoms with van der Waals surface area (Å²) in [6.45, 7) is 5.77. The number of hydrogen-bond donors (Lipinski definition) is 2. The number of amides is 1. The molecule has 0 unspecified atom stereocenters. The smallest absolute Gasteiger partial charge is 0.377 e. The molecule has 2 aliphatic rings. The van der Waals surface area contributed by atoms with Gasteiger partial charge in [-0.25, -0.2) is 4.99 Å². The Labute approximate surface area is 225 Å². The van der Waals surface area contributed by atoms with Crippen molar-refractivity contribution in [3.63, 3.8) is 0 Å². The van der Waals surface area contributed by atoms with E-state index in [1.165, 1.54) is 12.1 Å². The van der Waals surface area contributed by atoms with Crippen LogP contribution in [0.25, 0.3) is 0 Å². The Kier molecular flexibility index (Phi) is 7.46. The number of aliphatic imine (C=N–C) groups is 1. The standard InChI is InChI=1S/C29H29F3N6O/c1-20-3-6-24(21(17-20)7-11-38-12-8-26-27(38)34-10-9-33-26)28(39)35-23-5-4-22(25(18-23)29(30,31)32)19-37-15-13-36(2)14-16-37/h3-6,8,10,12,17-18,33H,9,13-16,19H2,1-2H3,(H,35,39). The van der Waals surface area contributed by atoms with Gasteiger partial charge in [0.1, 0.15) is 0 Å². The molecule has 5 rings (SSSR count). The summed E-state index contributed by atoms with van der Waals surface area (Å²) in [5, 5.41) is 5.85. The van der Waals surface area contributed by atoms with Gasteiger partial charge in [0.2, 0.25) is 0 Å². The first-order chi connectivity index (χ1) is 18.7. The first-order valence-corrected chi connectivity index (χ1v) is 12.7. The molecule has 3 heterocycles. The number of halogens is 3. The second kappa shape index (κ2) is 11.0. The average molecular weight is 535 g/mol. The van der Waals surface area contributed by atoms with E-state index < -0.39 is 17.6 Å². The van der Waals surface area contributed by atoms with Crippen LogP contribution in [-0.2, 0) is 12.7 Å². The van der Waals surface area contributed by atoms with Crippen molar-refractivity contribution in [1.29, 1.82) is 0 Å². The van der Waals surface area contributed by atoms with Crippen LogP contribution in [0.5, 0.6) is 0 Å². The zero-order chi connectivity index (χ0) is 27.6. The normalized spacial score (nSPS) is 15.7. The van der Waals surface area contributed by atoms with E-state index in [0.717, 1.165) is 30.4 Å². The third kappa shape index (κ3) is 6.16. The minimum absolute atomic E-state index is 0.0776. The predicted octanol–water partition coefficient (Wildman–Crippen LogP) is 4.80. The SMILES string of the molecule is Cc1ccc(C(=O)Nc2ccc(CN3CCN(C)CC3)c(C(F)(F)F)c2)c(C#Cn2ccc3c2N=CCN3)c1. The molecule has 0 bridgehead atoms. The minimum Gasteiger partial charge on any atom is -0.377 e. The monoisotopic (exact) mass is 534 g/mol. The van der Waals surface area contributed by atoms with Crippen LogP contribution in [0.15, 0.2) is 53.7 Å². The van der Waals surface area contributed by atoms with Gasteiger partial charge in [-0.15, -0.1) is 0 Å². The number of likely N-dealkylation sites (N-methyl/N-ethyl adjacent to an activating group) is 1. The van der Waals surface area contributed by atoms with Crippen LogP contribution in [0.3, 0.4) is 0 Å². The van der Waals surface area contributed by atoms with Crippen LogP contribution in [0.2, 0.25) is 0 Å². The molecule has 0 spiro atoms. The van der Waals surface area contributed by atoms with E-state index in [0.29, 0.717) is 31.0 Å². The number of hydrogen-bond acceptors (Lipinski definition) is 5. The number of nitrogens with one attached hydrogen (secondary N) is 2. The van der Waals surface area contributed by atoms with Gasteiger partial charge in [0.15, 0.2) is 5.82 Å². The summed E-state index contributed by atoms with van der Waals surface area (Å²) >= 11 is 0. The van der Waals surface area contributed by atoms with E-state index in [1.54, 1.807) is 35.2 Å². The van der Waals surface area contributed by atoms with Gasteiger partial charge in [0.25, 0.3) is 5.91 Å². The Morgan fingerprint density at radius 2 is 1.90 bits per heavy atom. The van der Waals surface area contributed by atoms with Gasteiger partial charge in [0, 0.05) is 62.4 Å². The third-order valence-electron chi connectivity index (χ3n) is 6.85. The third-order valence-corrected chi connectivity index (χ3v) is 6.85. The van der Waals surface area contributed by atoms with E-state index in [9.17, 15) is 18.0 Å². The number of aromatic nitrogens is 1. The van der Waals surface area contributed by atoms with E-state index in [1.807, 2.05) is 24.9 Å². The fourth-order valence-electron chi connectivity index (χ4n) is 4.65. The van der Waals surface area contributed by atoms with Crippen LogP contribution < -0.4 is 10.6 Å². The fraction of sp³-hybridized carbons (Fsp3) is 0.310. The molecular formula is C29H29F3N6O. The highest BCUT2D eigenvalue weighted by molar-refractivity contribution is 6.06. The highest BCUT2D eigenvalue weighted by Crippen LogP contribution is 2.35. The van der Waals surface area contributed by atoms with Crippen molar-refractivity contribution in [2.24, 2.45) is 4.99 Å². The highest BCUT2D eigenvalue weighted by atomic mass is 19.4. The summed E-state index contributed by atoms with van der Waals surface area (Å²) in [4.78, 5) is 21.8. The van der Waals surface area contributed by atoms with Gasteiger partial charge < -0.3 is 15.5 Å². The molecule has 2 N–H and O–H groups in total. The molecule has 1 aromatic heterocycles. The topological polar surface area (TPSA) is 64.9 Å². The van der Waals surface area contributed by atoms with Gasteiger partial charge >= 0.3 is 6.18 Å². The molecule has 7 nitrogen and oxygen atoms in total. The molecule has 2 aromatic carbocycles. The number of piperazine rings is 1. The molecule has 0 atom stereocenters. The molecule has 0 saturated carbocycles. The lowest BCUT2D eigenvalue weighted by Crippen LogP contribution is -2.44. The van der Waals surface area contributed by atoms with Crippen LogP contribution >= 0.6 is 0 Å². The molecule has 1 saturated heterocycles. The van der Waals surface area contributed by atoms with Gasteiger partial charge in [-0.3, -0.25) is 14.3 Å². The van der Waals surface area contributed by atoms with Crippen molar-refractivity contribution >= 4 is 29.3 Å². The molecule has 39 heavy (non-hydrogen) atoms. The second-order valence-corrected chi connectivity index (χ2v) is 9.80. The van der Waals surface area contributed by atoms with Crippen molar-refractivity contribution in [3.05, 3.63) is 76.5 Å². The fourth-order valence-corrected chi connectivity index (χ4v) is 4.65. The van der Waals surface area contributed by atoms with E-state index in [4.69, 9.17) is 0 Å². The van der Waals surface area contributed by atoms with Crippen molar-refractivity contribution in [2.75, 3.05) is 50.4 Å². The average Bonchev–Trinajstić information content (AvgIpc) is 3.32. The molecule has 202 valence electrons. The summed E-state index contributed by atoms with van der Waals surface area (Å²) in [5.74, 6) is 3.16. The van der Waals surface area contributed by atoms with Crippen LogP contribution in [-0.4, -0.2) is 66.3 Å². The quantitative estimate of drug-likeness (QED) is 0.472. The van der Waals surface area contributed by atoms with Crippen molar-refractivity contribution in [1.82, 2.24) is 14.4 Å². The first-order valence-electron chi connectivity index (χ1n) is 12.7. The van der Waals surface area contributed by atoms with E-state index in [2.05, 4.69) is 32.5 Å². The number of alkyl halides is 3. The van der Waals surface area contributed by atoms with E-state index in [-0.39, 0.29) is 23.4 Å². The van der Waals surface area contributed by atoms with Gasteiger partial charge in [-0.1, -0.05) is 12.1 Å². The molecule has 3 aromatic rings. The van der Waals surface area contributed by atoms with Gasteiger partial charge in [-0.2, -0.15) is 13.2 Å². The zero-order valence-corrected chi connectivity index (χ0v) is 21.8. The van der Waals surface area contributed by atoms with Gasteiger partial charge in [-0.05, 0) is 61.4 Å². The highest BCUT2D eigenvalue weighted by Gasteiger charge is 2.34. The second-order valence-electron chi connectivity index (χ2n) is 9.80. The Bertz CT molecular complexity index is 1470. The number of carbonyl (C=O) groups excluding carboxylic acids is 1. The first kappa shape index (κ1) is 26.5. The summed E-state index contributed by atoms with van der Waals surface area (Å²) in [6.07, 6.45) is -1.01. The maximum absolute atomic E-state index is 14.0. The maximum Gasteiger partial charge on any atom is 0.416 e. The number of rotatable bonds is 4. The van der Waals surface area contributed by atoms with Crippen molar-refractivity contribution < 1.29 is 18.0 Å². The maximum atomic E-state index is 14.0. The van der Waals surface area contributed by atoms with Crippen molar-refractivity contribution in [3.8, 4) is 12.0 Å². The molecule has 1 amide bonds. The Morgan fingerprint density at radius 1 is 1.10 bits per heavy atom.